The quantitative estimate of drug-likeness (QED) is 0.192. The Morgan fingerprint density at radius 2 is 0.619 bits per heavy atom. The Bertz CT molecular complexity index is 3180. The largest absolute Gasteiger partial charge is 0.353 e. The minimum atomic E-state index is -0.112. The average Bonchev–Trinajstić information content (AvgIpc) is 3.69. The zero-order valence-corrected chi connectivity index (χ0v) is 36.7. The van der Waals surface area contributed by atoms with Crippen LogP contribution < -0.4 is 0 Å². The van der Waals surface area contributed by atoms with E-state index in [4.69, 9.17) is 9.97 Å². The number of nitrogens with one attached hydrogen (secondary N) is 1. The van der Waals surface area contributed by atoms with Crippen molar-refractivity contribution < 1.29 is 0 Å². The van der Waals surface area contributed by atoms with Crippen molar-refractivity contribution in [2.24, 2.45) is 0 Å². The number of aromatic amines is 1. The molecule has 0 aliphatic carbocycles. The molecule has 8 bridgehead atoms. The lowest BCUT2D eigenvalue weighted by Crippen LogP contribution is -2.11. The van der Waals surface area contributed by atoms with Crippen molar-refractivity contribution in [2.75, 3.05) is 0 Å². The second-order valence-electron chi connectivity index (χ2n) is 19.2. The molecule has 0 spiro atoms. The van der Waals surface area contributed by atoms with Gasteiger partial charge in [0.05, 0.1) is 33.8 Å². The zero-order valence-electron chi connectivity index (χ0n) is 36.7. The molecule has 304 valence electrons. The van der Waals surface area contributed by atoms with Gasteiger partial charge in [-0.1, -0.05) is 157 Å². The standard InChI is InChI=1S/C60H49N3/c1-59(2,3)47-33-49-50-34-48(60(4,5)6)36-52-56-32-44(39-20-14-9-15-21-39)30-54(62-56)46-27-42(41-24-22-40(23-25-41)37-16-10-7-11-17-37)26-45(28-46)53-29-43(38-18-12-8-13-19-38)31-55(61-53)51(35-47)57(49)63-58(50)52/h7-36,63H,1-6H3. The van der Waals surface area contributed by atoms with Crippen LogP contribution in [0.15, 0.2) is 182 Å². The third-order valence-corrected chi connectivity index (χ3v) is 12.8. The first-order valence-corrected chi connectivity index (χ1v) is 22.0. The van der Waals surface area contributed by atoms with E-state index in [0.29, 0.717) is 0 Å². The van der Waals surface area contributed by atoms with Crippen LogP contribution in [0.1, 0.15) is 52.7 Å². The smallest absolute Gasteiger partial charge is 0.0736 e. The number of fused-ring (bicyclic) bond motifs is 11. The van der Waals surface area contributed by atoms with Crippen molar-refractivity contribution >= 4 is 21.8 Å². The van der Waals surface area contributed by atoms with Crippen LogP contribution in [0.5, 0.6) is 0 Å². The van der Waals surface area contributed by atoms with Crippen molar-refractivity contribution in [3.05, 3.63) is 193 Å². The highest BCUT2D eigenvalue weighted by molar-refractivity contribution is 6.16. The molecule has 0 amide bonds. The van der Waals surface area contributed by atoms with Crippen molar-refractivity contribution in [3.63, 3.8) is 0 Å². The maximum absolute atomic E-state index is 5.66. The lowest BCUT2D eigenvalue weighted by molar-refractivity contribution is 0.590. The molecule has 7 aromatic carbocycles. The molecule has 1 N–H and O–H groups in total. The van der Waals surface area contributed by atoms with Gasteiger partial charge in [-0.15, -0.1) is 0 Å². The van der Waals surface area contributed by atoms with Gasteiger partial charge >= 0.3 is 0 Å². The molecule has 1 aliphatic rings. The van der Waals surface area contributed by atoms with Crippen LogP contribution >= 0.6 is 0 Å². The number of H-pyrrole nitrogens is 1. The summed E-state index contributed by atoms with van der Waals surface area (Å²) in [5, 5.41) is 2.40. The molecule has 4 heterocycles. The van der Waals surface area contributed by atoms with Gasteiger partial charge in [0.25, 0.3) is 0 Å². The van der Waals surface area contributed by atoms with Gasteiger partial charge in [-0.3, -0.25) is 0 Å². The highest BCUT2D eigenvalue weighted by atomic mass is 14.8. The maximum atomic E-state index is 5.66. The molecule has 10 aromatic rings. The molecule has 3 heteroatoms. The maximum Gasteiger partial charge on any atom is 0.0736 e. The average molecular weight is 812 g/mol. The van der Waals surface area contributed by atoms with Crippen LogP contribution in [0, 0.1) is 0 Å². The van der Waals surface area contributed by atoms with E-state index in [9.17, 15) is 0 Å². The third-order valence-electron chi connectivity index (χ3n) is 12.8. The summed E-state index contributed by atoms with van der Waals surface area (Å²) in [5.41, 5.74) is 21.6. The highest BCUT2D eigenvalue weighted by Crippen LogP contribution is 2.45. The van der Waals surface area contributed by atoms with Gasteiger partial charge in [-0.05, 0) is 133 Å². The molecule has 0 unspecified atom stereocenters. The number of hydrogen-bond donors (Lipinski definition) is 1. The van der Waals surface area contributed by atoms with Crippen molar-refractivity contribution in [2.45, 2.75) is 52.4 Å². The predicted octanol–water partition coefficient (Wildman–Crippen LogP) is 16.4. The third kappa shape index (κ3) is 7.04. The zero-order chi connectivity index (χ0) is 43.0. The van der Waals surface area contributed by atoms with Crippen LogP contribution in [-0.4, -0.2) is 15.0 Å². The fourth-order valence-electron chi connectivity index (χ4n) is 9.18. The Hall–Kier alpha value is -7.36. The topological polar surface area (TPSA) is 41.6 Å². The van der Waals surface area contributed by atoms with Gasteiger partial charge in [-0.2, -0.15) is 0 Å². The monoisotopic (exact) mass is 811 g/mol. The summed E-state index contributed by atoms with van der Waals surface area (Å²) in [6.45, 7) is 13.8. The summed E-state index contributed by atoms with van der Waals surface area (Å²) in [6, 6.07) is 66.5. The van der Waals surface area contributed by atoms with E-state index in [2.05, 4.69) is 229 Å². The summed E-state index contributed by atoms with van der Waals surface area (Å²) >= 11 is 0. The van der Waals surface area contributed by atoms with E-state index >= 15 is 0 Å². The summed E-state index contributed by atoms with van der Waals surface area (Å²) in [7, 11) is 0. The van der Waals surface area contributed by atoms with E-state index in [1.165, 1.54) is 33.0 Å². The lowest BCUT2D eigenvalue weighted by Gasteiger charge is -2.22. The van der Waals surface area contributed by atoms with Crippen LogP contribution in [-0.2, 0) is 10.8 Å². The van der Waals surface area contributed by atoms with Crippen molar-refractivity contribution in [1.82, 2.24) is 15.0 Å². The summed E-state index contributed by atoms with van der Waals surface area (Å²) in [4.78, 5) is 15.4. The number of nitrogens with zero attached hydrogens (tertiary/aromatic N) is 2. The van der Waals surface area contributed by atoms with Gasteiger partial charge in [0.2, 0.25) is 0 Å². The molecule has 0 radical (unpaired) electrons. The minimum Gasteiger partial charge on any atom is -0.353 e. The van der Waals surface area contributed by atoms with Gasteiger partial charge in [0, 0.05) is 33.0 Å². The number of hydrogen-bond acceptors (Lipinski definition) is 2. The molecular formula is C60H49N3. The number of pyridine rings is 2. The Kier molecular flexibility index (Phi) is 8.96. The fourth-order valence-corrected chi connectivity index (χ4v) is 9.18. The van der Waals surface area contributed by atoms with Gasteiger partial charge < -0.3 is 4.98 Å². The lowest BCUT2D eigenvalue weighted by atomic mass is 9.83. The molecule has 11 rings (SSSR count). The van der Waals surface area contributed by atoms with Crippen LogP contribution in [0.25, 0.3) is 111 Å². The van der Waals surface area contributed by atoms with Gasteiger partial charge in [0.1, 0.15) is 0 Å². The Labute approximate surface area is 370 Å². The first kappa shape index (κ1) is 38.6. The Morgan fingerprint density at radius 1 is 0.302 bits per heavy atom. The van der Waals surface area contributed by atoms with Gasteiger partial charge in [-0.25, -0.2) is 9.97 Å². The molecule has 0 atom stereocenters. The first-order valence-electron chi connectivity index (χ1n) is 22.0. The summed E-state index contributed by atoms with van der Waals surface area (Å²) < 4.78 is 0. The summed E-state index contributed by atoms with van der Waals surface area (Å²) in [5.74, 6) is 0. The molecule has 0 saturated carbocycles. The van der Waals surface area contributed by atoms with E-state index < -0.39 is 0 Å². The SMILES string of the molecule is CC(C)(C)c1cc2c3[nH]c4c(cc(C(C)(C)C)cc4c3c1)-c1cc(-c3ccccc3)cc(n1)-c1cc(-c3ccc(-c4ccccc4)cc3)cc(c1)-c1cc(-c3ccccc3)cc-2n1. The normalized spacial score (nSPS) is 12.3. The molecule has 63 heavy (non-hydrogen) atoms. The molecule has 0 saturated heterocycles. The van der Waals surface area contributed by atoms with E-state index in [-0.39, 0.29) is 10.8 Å². The van der Waals surface area contributed by atoms with E-state index in [0.717, 1.165) is 89.4 Å². The Morgan fingerprint density at radius 3 is 1.02 bits per heavy atom. The minimum absolute atomic E-state index is 0.112. The van der Waals surface area contributed by atoms with Gasteiger partial charge in [0.15, 0.2) is 0 Å². The second kappa shape index (κ2) is 14.6. The van der Waals surface area contributed by atoms with Crippen LogP contribution in [0.3, 0.4) is 0 Å². The predicted molar refractivity (Wildman–Crippen MR) is 266 cm³/mol. The van der Waals surface area contributed by atoms with Crippen LogP contribution in [0.2, 0.25) is 0 Å². The number of rotatable bonds is 4. The van der Waals surface area contributed by atoms with Crippen molar-refractivity contribution in [3.8, 4) is 89.5 Å². The van der Waals surface area contributed by atoms with Crippen molar-refractivity contribution in [1.29, 1.82) is 0 Å². The number of benzene rings is 7. The van der Waals surface area contributed by atoms with E-state index in [1.807, 2.05) is 0 Å². The Balaban J connectivity index is 1.28. The molecule has 3 nitrogen and oxygen atoms in total. The number of aromatic nitrogens is 3. The first-order chi connectivity index (χ1) is 30.4. The molecule has 1 aliphatic heterocycles. The summed E-state index contributed by atoms with van der Waals surface area (Å²) in [6.07, 6.45) is 0. The van der Waals surface area contributed by atoms with E-state index in [1.54, 1.807) is 0 Å². The fraction of sp³-hybridized carbons (Fsp3) is 0.133. The van der Waals surface area contributed by atoms with Crippen LogP contribution in [0.4, 0.5) is 0 Å². The molecule has 3 aromatic heterocycles. The highest BCUT2D eigenvalue weighted by Gasteiger charge is 2.26. The molecular weight excluding hydrogens is 763 g/mol. The second-order valence-corrected chi connectivity index (χ2v) is 19.2. The molecule has 0 fully saturated rings.